The van der Waals surface area contributed by atoms with Gasteiger partial charge in [-0.3, -0.25) is 14.8 Å². The van der Waals surface area contributed by atoms with Gasteiger partial charge in [0.05, 0.1) is 6.04 Å². The molecule has 1 atom stereocenters. The van der Waals surface area contributed by atoms with Crippen LogP contribution in [-0.4, -0.2) is 40.7 Å². The highest BCUT2D eigenvalue weighted by Gasteiger charge is 2.33. The van der Waals surface area contributed by atoms with Crippen LogP contribution >= 0.6 is 0 Å². The smallest absolute Gasteiger partial charge is 0.274 e. The number of carbonyl (C=O) groups excluding carboxylic acids is 2. The number of halogens is 1. The van der Waals surface area contributed by atoms with E-state index in [0.29, 0.717) is 44.6 Å². The van der Waals surface area contributed by atoms with Gasteiger partial charge in [0.2, 0.25) is 5.91 Å². The molecule has 25 heavy (non-hydrogen) atoms. The van der Waals surface area contributed by atoms with Crippen molar-refractivity contribution in [3.63, 3.8) is 0 Å². The number of nitrogens with one attached hydrogen (secondary N) is 1. The van der Waals surface area contributed by atoms with Crippen molar-refractivity contribution in [2.75, 3.05) is 6.61 Å². The van der Waals surface area contributed by atoms with E-state index in [1.807, 2.05) is 6.92 Å². The largest absolute Gasteiger partial charge is 0.491 e. The lowest BCUT2D eigenvalue weighted by molar-refractivity contribution is -0.140. The highest BCUT2D eigenvalue weighted by molar-refractivity contribution is 5.93. The number of fused-ring (bicyclic) bond motifs is 1. The molecule has 0 unspecified atom stereocenters. The molecular formula is C18H23FN2O4. The van der Waals surface area contributed by atoms with E-state index in [-0.39, 0.29) is 23.4 Å². The fourth-order valence-corrected chi connectivity index (χ4v) is 3.49. The van der Waals surface area contributed by atoms with Crippen molar-refractivity contribution in [1.29, 1.82) is 0 Å². The van der Waals surface area contributed by atoms with Gasteiger partial charge in [0.25, 0.3) is 5.91 Å². The van der Waals surface area contributed by atoms with Crippen LogP contribution < -0.4 is 10.2 Å². The third-order valence-corrected chi connectivity index (χ3v) is 5.07. The molecule has 2 amide bonds. The van der Waals surface area contributed by atoms with E-state index in [1.54, 1.807) is 28.6 Å². The zero-order valence-corrected chi connectivity index (χ0v) is 14.2. The number of hydroxylamine groups is 1. The molecule has 0 aromatic heterocycles. The van der Waals surface area contributed by atoms with Crippen molar-refractivity contribution in [2.45, 2.75) is 51.4 Å². The van der Waals surface area contributed by atoms with Crippen molar-refractivity contribution in [3.05, 3.63) is 29.3 Å². The third-order valence-electron chi connectivity index (χ3n) is 5.07. The molecule has 1 aliphatic heterocycles. The van der Waals surface area contributed by atoms with E-state index in [4.69, 9.17) is 9.94 Å². The van der Waals surface area contributed by atoms with Crippen LogP contribution in [0.1, 0.15) is 48.5 Å². The van der Waals surface area contributed by atoms with Gasteiger partial charge in [0, 0.05) is 23.6 Å². The highest BCUT2D eigenvalue weighted by atomic mass is 19.1. The zero-order chi connectivity index (χ0) is 18.0. The van der Waals surface area contributed by atoms with Crippen molar-refractivity contribution >= 4 is 11.8 Å². The first-order chi connectivity index (χ1) is 12.0. The second kappa shape index (κ2) is 7.39. The van der Waals surface area contributed by atoms with E-state index in [1.165, 1.54) is 0 Å². The van der Waals surface area contributed by atoms with Gasteiger partial charge in [0.1, 0.15) is 18.5 Å². The van der Waals surface area contributed by atoms with Crippen molar-refractivity contribution < 1.29 is 23.9 Å². The minimum absolute atomic E-state index is 0.0491. The Kier molecular flexibility index (Phi) is 5.22. The fourth-order valence-electron chi connectivity index (χ4n) is 3.49. The number of benzene rings is 1. The number of amides is 2. The predicted octanol–water partition coefficient (Wildman–Crippen LogP) is 2.44. The average Bonchev–Trinajstić information content (AvgIpc) is 2.79. The highest BCUT2D eigenvalue weighted by Crippen LogP contribution is 2.31. The molecule has 1 saturated carbocycles. The van der Waals surface area contributed by atoms with Crippen LogP contribution in [-0.2, 0) is 11.3 Å². The zero-order valence-electron chi connectivity index (χ0n) is 14.2. The van der Waals surface area contributed by atoms with Crippen LogP contribution in [0.25, 0.3) is 0 Å². The third kappa shape index (κ3) is 3.76. The molecule has 1 aromatic rings. The first kappa shape index (κ1) is 17.7. The minimum Gasteiger partial charge on any atom is -0.491 e. The molecule has 2 N–H and O–H groups in total. The molecule has 1 heterocycles. The molecule has 7 heteroatoms. The number of alkyl halides is 1. The molecule has 0 spiro atoms. The molecule has 0 bridgehead atoms. The van der Waals surface area contributed by atoms with Crippen molar-refractivity contribution in [2.24, 2.45) is 5.92 Å². The Hall–Kier alpha value is -2.15. The maximum atomic E-state index is 13.3. The molecule has 0 radical (unpaired) electrons. The Labute approximate surface area is 145 Å². The summed E-state index contributed by atoms with van der Waals surface area (Å²) in [5.41, 5.74) is 2.69. The summed E-state index contributed by atoms with van der Waals surface area (Å²) in [6.45, 7) is 2.64. The Bertz CT molecular complexity index is 658. The summed E-state index contributed by atoms with van der Waals surface area (Å²) in [5.74, 6) is -0.154. The van der Waals surface area contributed by atoms with Gasteiger partial charge in [-0.2, -0.15) is 0 Å². The summed E-state index contributed by atoms with van der Waals surface area (Å²) >= 11 is 0. The van der Waals surface area contributed by atoms with Gasteiger partial charge >= 0.3 is 0 Å². The number of rotatable bonds is 2. The van der Waals surface area contributed by atoms with E-state index < -0.39 is 12.1 Å². The second-order valence-electron chi connectivity index (χ2n) is 6.84. The van der Waals surface area contributed by atoms with Crippen molar-refractivity contribution in [1.82, 2.24) is 10.4 Å². The van der Waals surface area contributed by atoms with Crippen LogP contribution in [0.4, 0.5) is 4.39 Å². The Morgan fingerprint density at radius 3 is 2.68 bits per heavy atom. The van der Waals surface area contributed by atoms with Gasteiger partial charge in [-0.1, -0.05) is 6.07 Å². The number of hydrogen-bond donors (Lipinski definition) is 2. The predicted molar refractivity (Wildman–Crippen MR) is 88.1 cm³/mol. The Morgan fingerprint density at radius 1 is 1.28 bits per heavy atom. The number of hydrogen-bond acceptors (Lipinski definition) is 4. The van der Waals surface area contributed by atoms with Gasteiger partial charge in [-0.05, 0) is 44.7 Å². The van der Waals surface area contributed by atoms with Gasteiger partial charge in [-0.15, -0.1) is 0 Å². The topological polar surface area (TPSA) is 78.9 Å². The lowest BCUT2D eigenvalue weighted by atomic mass is 9.87. The van der Waals surface area contributed by atoms with Gasteiger partial charge in [-0.25, -0.2) is 9.87 Å². The SMILES string of the molecule is C[C@H]1COc2cc(C(=O)NO)ccc2CN1C(=O)C1CCC(F)CC1. The molecule has 1 aliphatic carbocycles. The standard InChI is InChI=1S/C18H23FN2O4/c1-11-10-25-16-8-13(17(22)20-24)2-3-14(16)9-21(11)18(23)12-4-6-15(19)7-5-12/h2-3,8,11-12,15,24H,4-7,9-10H2,1H3,(H,20,22)/t11-,12?,15?/m0/s1. The Morgan fingerprint density at radius 2 is 2.00 bits per heavy atom. The van der Waals surface area contributed by atoms with E-state index in [0.717, 1.165) is 5.56 Å². The lowest BCUT2D eigenvalue weighted by Gasteiger charge is -2.32. The maximum absolute atomic E-state index is 13.3. The van der Waals surface area contributed by atoms with Gasteiger partial charge in [0.15, 0.2) is 0 Å². The molecular weight excluding hydrogens is 327 g/mol. The molecule has 1 fully saturated rings. The minimum atomic E-state index is -0.786. The summed E-state index contributed by atoms with van der Waals surface area (Å²) in [4.78, 5) is 26.2. The summed E-state index contributed by atoms with van der Waals surface area (Å²) in [6.07, 6.45) is 1.29. The quantitative estimate of drug-likeness (QED) is 0.634. The Balaban J connectivity index is 1.78. The van der Waals surface area contributed by atoms with Crippen molar-refractivity contribution in [3.8, 4) is 5.75 Å². The molecule has 6 nitrogen and oxygen atoms in total. The van der Waals surface area contributed by atoms with Crippen LogP contribution in [0.5, 0.6) is 5.75 Å². The monoisotopic (exact) mass is 350 g/mol. The maximum Gasteiger partial charge on any atom is 0.274 e. The molecule has 136 valence electrons. The molecule has 1 aromatic carbocycles. The number of carbonyl (C=O) groups is 2. The normalized spacial score (nSPS) is 26.2. The van der Waals surface area contributed by atoms with Crippen LogP contribution in [0.2, 0.25) is 0 Å². The van der Waals surface area contributed by atoms with Crippen LogP contribution in [0, 0.1) is 5.92 Å². The number of nitrogens with zero attached hydrogens (tertiary/aromatic N) is 1. The summed E-state index contributed by atoms with van der Waals surface area (Å²) in [6, 6.07) is 4.77. The van der Waals surface area contributed by atoms with Gasteiger partial charge < -0.3 is 9.64 Å². The van der Waals surface area contributed by atoms with Crippen LogP contribution in [0.15, 0.2) is 18.2 Å². The van der Waals surface area contributed by atoms with E-state index in [2.05, 4.69) is 0 Å². The molecule has 0 saturated heterocycles. The lowest BCUT2D eigenvalue weighted by Crippen LogP contribution is -2.44. The van der Waals surface area contributed by atoms with E-state index >= 15 is 0 Å². The molecule has 3 rings (SSSR count). The number of ether oxygens (including phenoxy) is 1. The first-order valence-corrected chi connectivity index (χ1v) is 8.64. The summed E-state index contributed by atoms with van der Waals surface area (Å²) in [5, 5.41) is 8.75. The van der Waals surface area contributed by atoms with E-state index in [9.17, 15) is 14.0 Å². The molecule has 2 aliphatic rings. The summed E-state index contributed by atoms with van der Waals surface area (Å²) in [7, 11) is 0. The second-order valence-corrected chi connectivity index (χ2v) is 6.84. The van der Waals surface area contributed by atoms with Crippen LogP contribution in [0.3, 0.4) is 0 Å². The summed E-state index contributed by atoms with van der Waals surface area (Å²) < 4.78 is 19.1. The first-order valence-electron chi connectivity index (χ1n) is 8.64. The fraction of sp³-hybridized carbons (Fsp3) is 0.556. The average molecular weight is 350 g/mol.